The molecule has 9 heteroatoms. The van der Waals surface area contributed by atoms with E-state index in [4.69, 9.17) is 11.6 Å². The maximum Gasteiger partial charge on any atom is 0.264 e. The van der Waals surface area contributed by atoms with Crippen molar-refractivity contribution in [3.05, 3.63) is 95.0 Å². The Bertz CT molecular complexity index is 1280. The van der Waals surface area contributed by atoms with Crippen LogP contribution in [0.2, 0.25) is 5.02 Å². The first-order chi connectivity index (χ1) is 16.6. The fourth-order valence-corrected chi connectivity index (χ4v) is 5.23. The van der Waals surface area contributed by atoms with E-state index >= 15 is 0 Å². The summed E-state index contributed by atoms with van der Waals surface area (Å²) < 4.78 is 28.3. The average Bonchev–Trinajstić information content (AvgIpc) is 2.86. The minimum Gasteiger partial charge on any atom is -0.357 e. The van der Waals surface area contributed by atoms with Crippen molar-refractivity contribution in [2.24, 2.45) is 0 Å². The average molecular weight is 514 g/mol. The number of carbonyl (C=O) groups excluding carboxylic acids is 2. The second-order valence-corrected chi connectivity index (χ2v) is 10.4. The number of hydrogen-bond donors (Lipinski definition) is 1. The van der Waals surface area contributed by atoms with Crippen LogP contribution in [0.1, 0.15) is 18.1 Å². The molecule has 1 atom stereocenters. The van der Waals surface area contributed by atoms with E-state index < -0.39 is 28.5 Å². The highest BCUT2D eigenvalue weighted by atomic mass is 35.5. The molecule has 35 heavy (non-hydrogen) atoms. The highest BCUT2D eigenvalue weighted by molar-refractivity contribution is 7.92. The van der Waals surface area contributed by atoms with Crippen LogP contribution >= 0.6 is 11.6 Å². The van der Waals surface area contributed by atoms with E-state index in [0.29, 0.717) is 10.7 Å². The molecular weight excluding hydrogens is 486 g/mol. The Labute approximate surface area is 211 Å². The minimum absolute atomic E-state index is 0.0640. The first kappa shape index (κ1) is 26.2. The van der Waals surface area contributed by atoms with E-state index in [-0.39, 0.29) is 17.3 Å². The van der Waals surface area contributed by atoms with Crippen molar-refractivity contribution in [1.29, 1.82) is 0 Å². The predicted octanol–water partition coefficient (Wildman–Crippen LogP) is 4.01. The van der Waals surface area contributed by atoms with Crippen LogP contribution in [-0.4, -0.2) is 44.8 Å². The van der Waals surface area contributed by atoms with Crippen molar-refractivity contribution >= 4 is 39.1 Å². The van der Waals surface area contributed by atoms with Gasteiger partial charge in [-0.2, -0.15) is 0 Å². The Morgan fingerprint density at radius 3 is 2.23 bits per heavy atom. The summed E-state index contributed by atoms with van der Waals surface area (Å²) in [4.78, 5) is 27.5. The van der Waals surface area contributed by atoms with Gasteiger partial charge >= 0.3 is 0 Å². The number of halogens is 1. The number of nitrogens with zero attached hydrogens (tertiary/aromatic N) is 2. The van der Waals surface area contributed by atoms with Crippen molar-refractivity contribution < 1.29 is 18.0 Å². The van der Waals surface area contributed by atoms with Gasteiger partial charge in [-0.25, -0.2) is 8.42 Å². The van der Waals surface area contributed by atoms with Gasteiger partial charge in [0.2, 0.25) is 11.8 Å². The molecule has 1 N–H and O–H groups in total. The molecule has 0 spiro atoms. The largest absolute Gasteiger partial charge is 0.357 e. The van der Waals surface area contributed by atoms with Crippen LogP contribution in [0.25, 0.3) is 0 Å². The Hall–Kier alpha value is -3.36. The molecule has 3 aromatic carbocycles. The molecule has 3 rings (SSSR count). The highest BCUT2D eigenvalue weighted by Gasteiger charge is 2.32. The van der Waals surface area contributed by atoms with Crippen LogP contribution in [0.15, 0.2) is 83.8 Å². The van der Waals surface area contributed by atoms with E-state index in [0.717, 1.165) is 15.4 Å². The van der Waals surface area contributed by atoms with E-state index in [1.807, 2.05) is 6.92 Å². The van der Waals surface area contributed by atoms with Crippen molar-refractivity contribution in [3.63, 3.8) is 0 Å². The summed E-state index contributed by atoms with van der Waals surface area (Å²) in [7, 11) is -2.58. The Morgan fingerprint density at radius 2 is 1.63 bits per heavy atom. The highest BCUT2D eigenvalue weighted by Crippen LogP contribution is 2.25. The third-order valence-corrected chi connectivity index (χ3v) is 7.61. The van der Waals surface area contributed by atoms with E-state index in [9.17, 15) is 18.0 Å². The van der Waals surface area contributed by atoms with Gasteiger partial charge in [0.05, 0.1) is 10.6 Å². The number of anilines is 1. The van der Waals surface area contributed by atoms with Gasteiger partial charge in [0.1, 0.15) is 12.6 Å². The lowest BCUT2D eigenvalue weighted by atomic mass is 10.1. The van der Waals surface area contributed by atoms with E-state index in [1.54, 1.807) is 73.7 Å². The SMILES string of the molecule is CNC(=O)C(C)N(Cc1cccc(Cl)c1)C(=O)CN(c1ccc(C)cc1)S(=O)(=O)c1ccccc1. The van der Waals surface area contributed by atoms with Crippen LogP contribution < -0.4 is 9.62 Å². The smallest absolute Gasteiger partial charge is 0.264 e. The van der Waals surface area contributed by atoms with Gasteiger partial charge in [0.25, 0.3) is 10.0 Å². The minimum atomic E-state index is -4.06. The molecule has 0 aliphatic carbocycles. The number of carbonyl (C=O) groups is 2. The molecule has 0 bridgehead atoms. The topological polar surface area (TPSA) is 86.8 Å². The van der Waals surface area contributed by atoms with Gasteiger partial charge in [-0.1, -0.05) is 59.6 Å². The maximum absolute atomic E-state index is 13.6. The van der Waals surface area contributed by atoms with Gasteiger partial charge in [-0.05, 0) is 55.8 Å². The standard InChI is InChI=1S/C26H28ClN3O4S/c1-19-12-14-23(15-13-19)30(35(33,34)24-10-5-4-6-11-24)18-25(31)29(20(2)26(32)28-3)17-21-8-7-9-22(27)16-21/h4-16,20H,17-18H2,1-3H3,(H,28,32). The lowest BCUT2D eigenvalue weighted by Gasteiger charge is -2.31. The summed E-state index contributed by atoms with van der Waals surface area (Å²) in [6.45, 7) is 3.09. The summed E-state index contributed by atoms with van der Waals surface area (Å²) in [5, 5.41) is 3.05. The van der Waals surface area contributed by atoms with Crippen molar-refractivity contribution in [2.75, 3.05) is 17.9 Å². The lowest BCUT2D eigenvalue weighted by molar-refractivity contribution is -0.139. The van der Waals surface area contributed by atoms with E-state index in [2.05, 4.69) is 5.32 Å². The zero-order valence-corrected chi connectivity index (χ0v) is 21.4. The lowest BCUT2D eigenvalue weighted by Crippen LogP contribution is -2.50. The Morgan fingerprint density at radius 1 is 0.971 bits per heavy atom. The molecule has 3 aromatic rings. The summed E-state index contributed by atoms with van der Waals surface area (Å²) in [5.74, 6) is -0.894. The number of hydrogen-bond acceptors (Lipinski definition) is 4. The molecule has 0 saturated heterocycles. The van der Waals surface area contributed by atoms with Gasteiger partial charge in [-0.15, -0.1) is 0 Å². The molecule has 0 aliphatic rings. The number of rotatable bonds is 9. The number of nitrogens with one attached hydrogen (secondary N) is 1. The molecule has 0 radical (unpaired) electrons. The number of sulfonamides is 1. The molecule has 2 amide bonds. The number of amides is 2. The zero-order valence-electron chi connectivity index (χ0n) is 19.8. The fourth-order valence-electron chi connectivity index (χ4n) is 3.58. The Kier molecular flexibility index (Phi) is 8.53. The van der Waals surface area contributed by atoms with Crippen LogP contribution in [-0.2, 0) is 26.2 Å². The molecule has 0 saturated carbocycles. The molecule has 0 aliphatic heterocycles. The second kappa shape index (κ2) is 11.4. The molecule has 0 heterocycles. The van der Waals surface area contributed by atoms with Crippen molar-refractivity contribution in [1.82, 2.24) is 10.2 Å². The van der Waals surface area contributed by atoms with Gasteiger partial charge in [0.15, 0.2) is 0 Å². The number of likely N-dealkylation sites (N-methyl/N-ethyl adjacent to an activating group) is 1. The molecular formula is C26H28ClN3O4S. The molecule has 0 fully saturated rings. The van der Waals surface area contributed by atoms with Crippen LogP contribution in [0.4, 0.5) is 5.69 Å². The predicted molar refractivity (Wildman–Crippen MR) is 138 cm³/mol. The van der Waals surface area contributed by atoms with Gasteiger partial charge < -0.3 is 10.2 Å². The summed E-state index contributed by atoms with van der Waals surface area (Å²) in [5.41, 5.74) is 2.02. The summed E-state index contributed by atoms with van der Waals surface area (Å²) in [6, 6.07) is 20.9. The van der Waals surface area contributed by atoms with Crippen LogP contribution in [0.3, 0.4) is 0 Å². The van der Waals surface area contributed by atoms with Gasteiger partial charge in [0, 0.05) is 18.6 Å². The van der Waals surface area contributed by atoms with Crippen molar-refractivity contribution in [3.8, 4) is 0 Å². The Balaban J connectivity index is 2.01. The zero-order chi connectivity index (χ0) is 25.6. The van der Waals surface area contributed by atoms with Gasteiger partial charge in [-0.3, -0.25) is 13.9 Å². The van der Waals surface area contributed by atoms with E-state index in [1.165, 1.54) is 24.1 Å². The normalized spacial score (nSPS) is 12.0. The third kappa shape index (κ3) is 6.41. The molecule has 1 unspecified atom stereocenters. The first-order valence-corrected chi connectivity index (χ1v) is 12.8. The second-order valence-electron chi connectivity index (χ2n) is 8.10. The number of aryl methyl sites for hydroxylation is 1. The quantitative estimate of drug-likeness (QED) is 0.468. The first-order valence-electron chi connectivity index (χ1n) is 11.0. The third-order valence-electron chi connectivity index (χ3n) is 5.59. The van der Waals surface area contributed by atoms with Crippen molar-refractivity contribution in [2.45, 2.75) is 31.3 Å². The summed E-state index contributed by atoms with van der Waals surface area (Å²) in [6.07, 6.45) is 0. The fraction of sp³-hybridized carbons (Fsp3) is 0.231. The maximum atomic E-state index is 13.6. The van der Waals surface area contributed by atoms with Crippen LogP contribution in [0, 0.1) is 6.92 Å². The molecule has 7 nitrogen and oxygen atoms in total. The monoisotopic (exact) mass is 513 g/mol. The van der Waals surface area contributed by atoms with Crippen LogP contribution in [0.5, 0.6) is 0 Å². The number of benzene rings is 3. The summed E-state index contributed by atoms with van der Waals surface area (Å²) >= 11 is 6.11. The molecule has 0 aromatic heterocycles. The molecule has 184 valence electrons.